The molecule has 4 rings (SSSR count). The van der Waals surface area contributed by atoms with Crippen LogP contribution >= 0.6 is 11.6 Å². The van der Waals surface area contributed by atoms with Crippen molar-refractivity contribution in [3.8, 4) is 11.5 Å². The van der Waals surface area contributed by atoms with Gasteiger partial charge in [0.15, 0.2) is 11.5 Å². The molecule has 0 saturated heterocycles. The molecule has 1 N–H and O–H groups in total. The molecule has 2 heterocycles. The van der Waals surface area contributed by atoms with Crippen LogP contribution in [0.1, 0.15) is 6.92 Å². The molecule has 0 aliphatic carbocycles. The van der Waals surface area contributed by atoms with Gasteiger partial charge in [-0.3, -0.25) is 9.78 Å². The summed E-state index contributed by atoms with van der Waals surface area (Å²) in [7, 11) is 0. The van der Waals surface area contributed by atoms with Gasteiger partial charge in [-0.05, 0) is 37.3 Å². The predicted molar refractivity (Wildman–Crippen MR) is 96.3 cm³/mol. The number of fused-ring (bicyclic) bond motifs is 2. The van der Waals surface area contributed by atoms with E-state index in [2.05, 4.69) is 10.3 Å². The molecular formula is C19H15ClN2O3. The van der Waals surface area contributed by atoms with E-state index in [9.17, 15) is 4.79 Å². The Hall–Kier alpha value is -2.79. The van der Waals surface area contributed by atoms with Crippen molar-refractivity contribution in [1.82, 2.24) is 4.98 Å². The highest BCUT2D eigenvalue weighted by Crippen LogP contribution is 2.34. The molecule has 1 aromatic heterocycles. The summed E-state index contributed by atoms with van der Waals surface area (Å²) in [5.74, 6) is 0.875. The van der Waals surface area contributed by atoms with Crippen molar-refractivity contribution in [3.05, 3.63) is 59.8 Å². The van der Waals surface area contributed by atoms with Crippen molar-refractivity contribution in [2.75, 3.05) is 5.32 Å². The van der Waals surface area contributed by atoms with Gasteiger partial charge >= 0.3 is 0 Å². The van der Waals surface area contributed by atoms with E-state index in [-0.39, 0.29) is 5.91 Å². The van der Waals surface area contributed by atoms with Gasteiger partial charge in [-0.1, -0.05) is 29.8 Å². The first-order valence-electron chi connectivity index (χ1n) is 7.89. The summed E-state index contributed by atoms with van der Waals surface area (Å²) >= 11 is 6.15. The van der Waals surface area contributed by atoms with Gasteiger partial charge in [0.2, 0.25) is 6.10 Å². The third-order valence-electron chi connectivity index (χ3n) is 4.03. The second kappa shape index (κ2) is 6.26. The van der Waals surface area contributed by atoms with E-state index in [1.54, 1.807) is 31.3 Å². The number of nitrogens with zero attached hydrogens (tertiary/aromatic N) is 1. The van der Waals surface area contributed by atoms with Gasteiger partial charge in [0.05, 0.1) is 11.2 Å². The summed E-state index contributed by atoms with van der Waals surface area (Å²) < 4.78 is 11.6. The van der Waals surface area contributed by atoms with Crippen molar-refractivity contribution >= 4 is 34.1 Å². The smallest absolute Gasteiger partial charge is 0.269 e. The van der Waals surface area contributed by atoms with Crippen molar-refractivity contribution in [1.29, 1.82) is 0 Å². The lowest BCUT2D eigenvalue weighted by molar-refractivity contribution is -0.128. The quantitative estimate of drug-likeness (QED) is 0.754. The van der Waals surface area contributed by atoms with E-state index in [4.69, 9.17) is 21.1 Å². The summed E-state index contributed by atoms with van der Waals surface area (Å²) in [5, 5.41) is 4.24. The molecule has 5 nitrogen and oxygen atoms in total. The molecule has 2 aromatic carbocycles. The molecule has 0 spiro atoms. The van der Waals surface area contributed by atoms with Crippen LogP contribution in [0.25, 0.3) is 10.9 Å². The van der Waals surface area contributed by atoms with Gasteiger partial charge in [0.1, 0.15) is 6.10 Å². The van der Waals surface area contributed by atoms with E-state index in [0.717, 1.165) is 5.39 Å². The Morgan fingerprint density at radius 2 is 1.88 bits per heavy atom. The third-order valence-corrected chi connectivity index (χ3v) is 4.25. The summed E-state index contributed by atoms with van der Waals surface area (Å²) in [5.41, 5.74) is 1.22. The molecule has 0 radical (unpaired) electrons. The van der Waals surface area contributed by atoms with Gasteiger partial charge in [0, 0.05) is 16.6 Å². The van der Waals surface area contributed by atoms with Crippen LogP contribution in [0.2, 0.25) is 5.02 Å². The Morgan fingerprint density at radius 3 is 2.68 bits per heavy atom. The van der Waals surface area contributed by atoms with E-state index < -0.39 is 12.2 Å². The third kappa shape index (κ3) is 2.98. The first-order chi connectivity index (χ1) is 12.1. The average Bonchev–Trinajstić information content (AvgIpc) is 2.61. The standard InChI is InChI=1S/C19H15ClN2O3/c1-11-18(25-16-7-3-2-6-15(16)24-11)19(23)22-14-10-13(20)9-12-5-4-8-21-17(12)14/h2-11,18H,1H3,(H,22,23). The van der Waals surface area contributed by atoms with Crippen LogP contribution in [-0.4, -0.2) is 23.1 Å². The number of pyridine rings is 1. The fourth-order valence-corrected chi connectivity index (χ4v) is 3.09. The zero-order chi connectivity index (χ0) is 17.4. The number of hydrogen-bond acceptors (Lipinski definition) is 4. The molecule has 1 amide bonds. The van der Waals surface area contributed by atoms with Gasteiger partial charge < -0.3 is 14.8 Å². The number of halogens is 1. The molecule has 1 aliphatic heterocycles. The first kappa shape index (κ1) is 15.7. The fraction of sp³-hybridized carbons (Fsp3) is 0.158. The Morgan fingerprint density at radius 1 is 1.12 bits per heavy atom. The number of rotatable bonds is 2. The molecule has 3 aromatic rings. The van der Waals surface area contributed by atoms with Gasteiger partial charge in [-0.25, -0.2) is 0 Å². The zero-order valence-corrected chi connectivity index (χ0v) is 14.2. The number of benzene rings is 2. The van der Waals surface area contributed by atoms with Crippen LogP contribution in [0.4, 0.5) is 5.69 Å². The van der Waals surface area contributed by atoms with E-state index in [0.29, 0.717) is 27.7 Å². The Balaban J connectivity index is 1.63. The largest absolute Gasteiger partial charge is 0.482 e. The molecule has 25 heavy (non-hydrogen) atoms. The summed E-state index contributed by atoms with van der Waals surface area (Å²) in [4.78, 5) is 17.1. The number of hydrogen-bond donors (Lipinski definition) is 1. The second-order valence-corrected chi connectivity index (χ2v) is 6.26. The molecule has 1 aliphatic rings. The van der Waals surface area contributed by atoms with Crippen LogP contribution in [-0.2, 0) is 4.79 Å². The molecular weight excluding hydrogens is 340 g/mol. The number of carbonyl (C=O) groups excluding carboxylic acids is 1. The number of carbonyl (C=O) groups is 1. The maximum Gasteiger partial charge on any atom is 0.269 e. The highest BCUT2D eigenvalue weighted by atomic mass is 35.5. The molecule has 2 unspecified atom stereocenters. The molecule has 0 saturated carbocycles. The lowest BCUT2D eigenvalue weighted by atomic mass is 10.1. The zero-order valence-electron chi connectivity index (χ0n) is 13.4. The Labute approximate surface area is 149 Å². The van der Waals surface area contributed by atoms with Crippen molar-refractivity contribution < 1.29 is 14.3 Å². The summed E-state index contributed by atoms with van der Waals surface area (Å²) in [6, 6.07) is 14.5. The fourth-order valence-electron chi connectivity index (χ4n) is 2.86. The molecule has 0 bridgehead atoms. The van der Waals surface area contributed by atoms with Crippen LogP contribution < -0.4 is 14.8 Å². The van der Waals surface area contributed by atoms with Crippen LogP contribution in [0, 0.1) is 0 Å². The van der Waals surface area contributed by atoms with Crippen molar-refractivity contribution in [3.63, 3.8) is 0 Å². The first-order valence-corrected chi connectivity index (χ1v) is 8.27. The molecule has 126 valence electrons. The van der Waals surface area contributed by atoms with Crippen molar-refractivity contribution in [2.24, 2.45) is 0 Å². The van der Waals surface area contributed by atoms with Crippen LogP contribution in [0.3, 0.4) is 0 Å². The number of anilines is 1. The number of ether oxygens (including phenoxy) is 2. The maximum atomic E-state index is 12.8. The minimum atomic E-state index is -0.771. The van der Waals surface area contributed by atoms with Gasteiger partial charge in [-0.15, -0.1) is 0 Å². The number of nitrogens with one attached hydrogen (secondary N) is 1. The molecule has 6 heteroatoms. The number of amides is 1. The van der Waals surface area contributed by atoms with E-state index in [1.807, 2.05) is 30.3 Å². The monoisotopic (exact) mass is 354 g/mol. The predicted octanol–water partition coefficient (Wildman–Crippen LogP) is 4.06. The second-order valence-electron chi connectivity index (χ2n) is 5.83. The van der Waals surface area contributed by atoms with Crippen molar-refractivity contribution in [2.45, 2.75) is 19.1 Å². The normalized spacial score (nSPS) is 18.8. The van der Waals surface area contributed by atoms with Gasteiger partial charge in [0.25, 0.3) is 5.91 Å². The molecule has 2 atom stereocenters. The van der Waals surface area contributed by atoms with Crippen LogP contribution in [0.5, 0.6) is 11.5 Å². The summed E-state index contributed by atoms with van der Waals surface area (Å²) in [6.45, 7) is 1.80. The summed E-state index contributed by atoms with van der Waals surface area (Å²) in [6.07, 6.45) is 0.478. The van der Waals surface area contributed by atoms with Crippen LogP contribution in [0.15, 0.2) is 54.7 Å². The highest BCUT2D eigenvalue weighted by Gasteiger charge is 2.34. The minimum Gasteiger partial charge on any atom is -0.482 e. The number of para-hydroxylation sites is 2. The maximum absolute atomic E-state index is 12.8. The minimum absolute atomic E-state index is 0.309. The van der Waals surface area contributed by atoms with Gasteiger partial charge in [-0.2, -0.15) is 0 Å². The number of aromatic nitrogens is 1. The van der Waals surface area contributed by atoms with E-state index >= 15 is 0 Å². The lowest BCUT2D eigenvalue weighted by Crippen LogP contribution is -2.46. The average molecular weight is 355 g/mol. The molecule has 0 fully saturated rings. The van der Waals surface area contributed by atoms with E-state index in [1.165, 1.54) is 0 Å². The topological polar surface area (TPSA) is 60.5 Å². The Bertz CT molecular complexity index is 960. The highest BCUT2D eigenvalue weighted by molar-refractivity contribution is 6.32. The SMILES string of the molecule is CC1Oc2ccccc2OC1C(=O)Nc1cc(Cl)cc2cccnc12. The Kier molecular flexibility index (Phi) is 3.93. The lowest BCUT2D eigenvalue weighted by Gasteiger charge is -2.31.